The predicted octanol–water partition coefficient (Wildman–Crippen LogP) is 0.869. The van der Waals surface area contributed by atoms with Crippen LogP contribution in [0.4, 0.5) is 0 Å². The molecule has 7 nitrogen and oxygen atoms in total. The normalized spacial score (nSPS) is 20.9. The summed E-state index contributed by atoms with van der Waals surface area (Å²) in [6.45, 7) is 4.44. The quantitative estimate of drug-likeness (QED) is 0.738. The third kappa shape index (κ3) is 4.53. The summed E-state index contributed by atoms with van der Waals surface area (Å²) >= 11 is 0. The van der Waals surface area contributed by atoms with Gasteiger partial charge in [0, 0.05) is 45.7 Å². The van der Waals surface area contributed by atoms with E-state index >= 15 is 0 Å². The van der Waals surface area contributed by atoms with Crippen LogP contribution in [0.3, 0.4) is 0 Å². The second kappa shape index (κ2) is 8.61. The van der Waals surface area contributed by atoms with Crippen molar-refractivity contribution < 1.29 is 19.1 Å². The van der Waals surface area contributed by atoms with Crippen LogP contribution < -0.4 is 9.47 Å². The molecule has 2 aliphatic rings. The molecule has 1 aromatic carbocycles. The van der Waals surface area contributed by atoms with Crippen LogP contribution in [-0.2, 0) is 16.0 Å². The largest absolute Gasteiger partial charge is 0.493 e. The van der Waals surface area contributed by atoms with Crippen LogP contribution in [0.2, 0.25) is 0 Å². The molecule has 1 unspecified atom stereocenters. The molecule has 0 aromatic heterocycles. The number of nitrogens with zero attached hydrogens (tertiary/aromatic N) is 3. The first-order chi connectivity index (χ1) is 13.0. The van der Waals surface area contributed by atoms with E-state index in [0.29, 0.717) is 31.0 Å². The van der Waals surface area contributed by atoms with Crippen molar-refractivity contribution in [3.63, 3.8) is 0 Å². The number of piperazine rings is 1. The maximum atomic E-state index is 12.7. The summed E-state index contributed by atoms with van der Waals surface area (Å²) in [6, 6.07) is 5.79. The van der Waals surface area contributed by atoms with Crippen LogP contribution in [0.15, 0.2) is 18.2 Å². The van der Waals surface area contributed by atoms with Crippen molar-refractivity contribution >= 4 is 11.8 Å². The second-order valence-electron chi connectivity index (χ2n) is 7.31. The van der Waals surface area contributed by atoms with E-state index in [9.17, 15) is 9.59 Å². The van der Waals surface area contributed by atoms with Crippen LogP contribution in [0.25, 0.3) is 0 Å². The van der Waals surface area contributed by atoms with E-state index in [4.69, 9.17) is 9.47 Å². The van der Waals surface area contributed by atoms with Gasteiger partial charge in [0.05, 0.1) is 20.1 Å². The molecule has 148 valence electrons. The van der Waals surface area contributed by atoms with Gasteiger partial charge in [0.1, 0.15) is 0 Å². The van der Waals surface area contributed by atoms with E-state index in [1.54, 1.807) is 14.2 Å². The van der Waals surface area contributed by atoms with Crippen LogP contribution in [0.5, 0.6) is 11.5 Å². The van der Waals surface area contributed by atoms with Gasteiger partial charge in [0.25, 0.3) is 0 Å². The van der Waals surface area contributed by atoms with Gasteiger partial charge in [0.2, 0.25) is 11.8 Å². The Hall–Kier alpha value is -2.28. The average Bonchev–Trinajstić information content (AvgIpc) is 3.06. The Morgan fingerprint density at radius 2 is 1.81 bits per heavy atom. The maximum absolute atomic E-state index is 12.7. The zero-order valence-electron chi connectivity index (χ0n) is 16.4. The number of carbonyl (C=O) groups is 2. The van der Waals surface area contributed by atoms with Crippen LogP contribution in [0.1, 0.15) is 12.0 Å². The minimum Gasteiger partial charge on any atom is -0.493 e. The molecule has 27 heavy (non-hydrogen) atoms. The topological polar surface area (TPSA) is 62.3 Å². The Morgan fingerprint density at radius 3 is 2.48 bits per heavy atom. The molecule has 2 fully saturated rings. The zero-order valence-corrected chi connectivity index (χ0v) is 16.4. The van der Waals surface area contributed by atoms with Gasteiger partial charge in [-0.2, -0.15) is 0 Å². The van der Waals surface area contributed by atoms with Gasteiger partial charge in [0.15, 0.2) is 11.5 Å². The number of likely N-dealkylation sites (tertiary alicyclic amines) is 1. The minimum absolute atomic E-state index is 0.0722. The lowest BCUT2D eigenvalue weighted by Gasteiger charge is -2.33. The molecule has 0 bridgehead atoms. The predicted molar refractivity (Wildman–Crippen MR) is 102 cm³/mol. The Labute approximate surface area is 160 Å². The van der Waals surface area contributed by atoms with Gasteiger partial charge >= 0.3 is 0 Å². The van der Waals surface area contributed by atoms with Gasteiger partial charge in [-0.1, -0.05) is 6.07 Å². The molecule has 1 aromatic rings. The molecule has 0 aliphatic carbocycles. The number of benzene rings is 1. The molecule has 0 radical (unpaired) electrons. The van der Waals surface area contributed by atoms with Gasteiger partial charge < -0.3 is 24.2 Å². The van der Waals surface area contributed by atoms with Crippen molar-refractivity contribution in [2.75, 3.05) is 60.5 Å². The summed E-state index contributed by atoms with van der Waals surface area (Å²) in [5.74, 6) is 1.38. The maximum Gasteiger partial charge on any atom is 0.228 e. The van der Waals surface area contributed by atoms with Crippen molar-refractivity contribution in [2.24, 2.45) is 5.92 Å². The number of likely N-dealkylation sites (N-methyl/N-ethyl adjacent to an activating group) is 1. The summed E-state index contributed by atoms with van der Waals surface area (Å²) in [4.78, 5) is 31.0. The molecule has 0 spiro atoms. The number of hydrogen-bond acceptors (Lipinski definition) is 5. The fourth-order valence-corrected chi connectivity index (χ4v) is 3.74. The molecule has 2 aliphatic heterocycles. The monoisotopic (exact) mass is 375 g/mol. The Bertz CT molecular complexity index is 686. The summed E-state index contributed by atoms with van der Waals surface area (Å²) in [5.41, 5.74) is 1.08. The molecular weight excluding hydrogens is 346 g/mol. The van der Waals surface area contributed by atoms with Gasteiger partial charge in [-0.15, -0.1) is 0 Å². The van der Waals surface area contributed by atoms with E-state index in [2.05, 4.69) is 11.9 Å². The van der Waals surface area contributed by atoms with E-state index in [-0.39, 0.29) is 17.7 Å². The smallest absolute Gasteiger partial charge is 0.228 e. The summed E-state index contributed by atoms with van der Waals surface area (Å²) < 4.78 is 10.6. The Kier molecular flexibility index (Phi) is 6.21. The number of carbonyl (C=O) groups excluding carboxylic acids is 2. The number of rotatable bonds is 6. The van der Waals surface area contributed by atoms with Crippen molar-refractivity contribution in [2.45, 2.75) is 12.8 Å². The molecule has 1 atom stereocenters. The first-order valence-electron chi connectivity index (χ1n) is 9.48. The lowest BCUT2D eigenvalue weighted by atomic mass is 10.1. The zero-order chi connectivity index (χ0) is 19.4. The number of methoxy groups -OCH3 is 2. The molecule has 2 heterocycles. The van der Waals surface area contributed by atoms with Gasteiger partial charge in [-0.25, -0.2) is 0 Å². The average molecular weight is 375 g/mol. The third-order valence-electron chi connectivity index (χ3n) is 5.50. The van der Waals surface area contributed by atoms with Crippen LogP contribution >= 0.6 is 0 Å². The van der Waals surface area contributed by atoms with Gasteiger partial charge in [-0.05, 0) is 31.2 Å². The van der Waals surface area contributed by atoms with E-state index in [1.807, 2.05) is 28.0 Å². The van der Waals surface area contributed by atoms with Gasteiger partial charge in [-0.3, -0.25) is 9.59 Å². The fourth-order valence-electron chi connectivity index (χ4n) is 3.74. The standard InChI is InChI=1S/C20H29N3O4/c1-21-8-10-22(11-9-21)20(25)16-13-19(24)23(14-16)7-6-15-4-5-17(26-2)18(12-15)27-3/h4-5,12,16H,6-11,13-14H2,1-3H3. The summed E-state index contributed by atoms with van der Waals surface area (Å²) in [5, 5.41) is 0. The lowest BCUT2D eigenvalue weighted by molar-refractivity contribution is -0.137. The van der Waals surface area contributed by atoms with E-state index < -0.39 is 0 Å². The molecule has 0 N–H and O–H groups in total. The Balaban J connectivity index is 1.54. The SMILES string of the molecule is COc1ccc(CCN2CC(C(=O)N3CCN(C)CC3)CC2=O)cc1OC. The van der Waals surface area contributed by atoms with E-state index in [1.165, 1.54) is 0 Å². The highest BCUT2D eigenvalue weighted by molar-refractivity contribution is 5.89. The first kappa shape index (κ1) is 19.5. The van der Waals surface area contributed by atoms with Crippen molar-refractivity contribution in [1.82, 2.24) is 14.7 Å². The third-order valence-corrected chi connectivity index (χ3v) is 5.50. The molecule has 2 saturated heterocycles. The number of amides is 2. The highest BCUT2D eigenvalue weighted by atomic mass is 16.5. The molecule has 2 amide bonds. The molecule has 3 rings (SSSR count). The number of ether oxygens (including phenoxy) is 2. The van der Waals surface area contributed by atoms with Crippen molar-refractivity contribution in [3.8, 4) is 11.5 Å². The van der Waals surface area contributed by atoms with E-state index in [0.717, 1.165) is 38.2 Å². The number of hydrogen-bond donors (Lipinski definition) is 0. The molecular formula is C20H29N3O4. The second-order valence-corrected chi connectivity index (χ2v) is 7.31. The van der Waals surface area contributed by atoms with Crippen molar-refractivity contribution in [1.29, 1.82) is 0 Å². The van der Waals surface area contributed by atoms with Crippen molar-refractivity contribution in [3.05, 3.63) is 23.8 Å². The lowest BCUT2D eigenvalue weighted by Crippen LogP contribution is -2.49. The highest BCUT2D eigenvalue weighted by Crippen LogP contribution is 2.28. The summed E-state index contributed by atoms with van der Waals surface area (Å²) in [6.07, 6.45) is 1.05. The molecule has 7 heteroatoms. The van der Waals surface area contributed by atoms with Crippen LogP contribution in [0, 0.1) is 5.92 Å². The summed E-state index contributed by atoms with van der Waals surface area (Å²) in [7, 11) is 5.29. The Morgan fingerprint density at radius 1 is 1.11 bits per heavy atom. The molecule has 0 saturated carbocycles. The first-order valence-corrected chi connectivity index (χ1v) is 9.48. The van der Waals surface area contributed by atoms with Crippen LogP contribution in [-0.4, -0.2) is 87.0 Å². The fraction of sp³-hybridized carbons (Fsp3) is 0.600. The highest BCUT2D eigenvalue weighted by Gasteiger charge is 2.36. The minimum atomic E-state index is -0.202.